The largest absolute Gasteiger partial charge is 0.519 e. The van der Waals surface area contributed by atoms with Crippen LogP contribution in [0, 0.1) is 6.92 Å². The smallest absolute Gasteiger partial charge is 0.453 e. The highest BCUT2D eigenvalue weighted by Gasteiger charge is 2.25. The summed E-state index contributed by atoms with van der Waals surface area (Å²) in [6.45, 7) is 9.62. The van der Waals surface area contributed by atoms with Crippen molar-refractivity contribution in [2.45, 2.75) is 46.8 Å². The van der Waals surface area contributed by atoms with Crippen molar-refractivity contribution in [1.82, 2.24) is 29.8 Å². The number of hydrogen-bond donors (Lipinski definition) is 0. The fourth-order valence-electron chi connectivity index (χ4n) is 4.59. The lowest BCUT2D eigenvalue weighted by Gasteiger charge is -2.13. The van der Waals surface area contributed by atoms with Gasteiger partial charge in [0.15, 0.2) is 23.8 Å². The van der Waals surface area contributed by atoms with Crippen LogP contribution in [0.15, 0.2) is 68.7 Å². The van der Waals surface area contributed by atoms with E-state index in [1.54, 1.807) is 20.9 Å². The minimum Gasteiger partial charge on any atom is -0.453 e. The highest BCUT2D eigenvalue weighted by atomic mass is 16.6. The summed E-state index contributed by atoms with van der Waals surface area (Å²) in [7, 11) is 1.73. The second kappa shape index (κ2) is 11.6. The van der Waals surface area contributed by atoms with Gasteiger partial charge in [-0.25, -0.2) is 14.6 Å². The van der Waals surface area contributed by atoms with E-state index in [-0.39, 0.29) is 18.1 Å². The minimum atomic E-state index is -0.842. The first-order valence-corrected chi connectivity index (χ1v) is 13.2. The van der Waals surface area contributed by atoms with Crippen LogP contribution in [0.3, 0.4) is 0 Å². The quantitative estimate of drug-likeness (QED) is 0.219. The van der Waals surface area contributed by atoms with Crippen LogP contribution >= 0.6 is 0 Å². The van der Waals surface area contributed by atoms with Gasteiger partial charge in [-0.05, 0) is 47.7 Å². The van der Waals surface area contributed by atoms with Gasteiger partial charge in [-0.2, -0.15) is 4.80 Å². The Hall–Kier alpha value is -5.06. The lowest BCUT2D eigenvalue weighted by Crippen LogP contribution is -2.16. The third-order valence-corrected chi connectivity index (χ3v) is 6.57. The third-order valence-electron chi connectivity index (χ3n) is 6.57. The molecule has 5 aromatic rings. The maximum absolute atomic E-state index is 13.4. The Kier molecular flexibility index (Phi) is 7.77. The maximum atomic E-state index is 13.4. The van der Waals surface area contributed by atoms with Gasteiger partial charge in [-0.1, -0.05) is 62.0 Å². The lowest BCUT2D eigenvalue weighted by atomic mass is 9.98. The molecule has 0 saturated carbocycles. The van der Waals surface area contributed by atoms with E-state index < -0.39 is 11.8 Å². The second-order valence-corrected chi connectivity index (χ2v) is 9.70. The molecule has 0 spiro atoms. The highest BCUT2D eigenvalue weighted by molar-refractivity contribution is 5.93. The summed E-state index contributed by atoms with van der Waals surface area (Å²) in [6, 6.07) is 16.0. The predicted octanol–water partition coefficient (Wildman–Crippen LogP) is 4.99. The number of rotatable bonds is 10. The molecule has 0 amide bonds. The average molecular weight is 555 g/mol. The minimum absolute atomic E-state index is 0.160. The molecule has 0 unspecified atom stereocenters. The van der Waals surface area contributed by atoms with Crippen LogP contribution < -0.4 is 5.82 Å². The van der Waals surface area contributed by atoms with Crippen molar-refractivity contribution in [3.05, 3.63) is 100 Å². The molecule has 2 aromatic carbocycles. The van der Waals surface area contributed by atoms with Gasteiger partial charge in [0.05, 0.1) is 12.7 Å². The summed E-state index contributed by atoms with van der Waals surface area (Å²) >= 11 is 0. The fraction of sp³-hybridized carbons (Fsp3) is 0.267. The van der Waals surface area contributed by atoms with Gasteiger partial charge in [0, 0.05) is 18.5 Å². The molecular weight excluding hydrogens is 524 g/mol. The van der Waals surface area contributed by atoms with Crippen LogP contribution in [-0.2, 0) is 31.4 Å². The molecule has 0 atom stereocenters. The summed E-state index contributed by atoms with van der Waals surface area (Å²) in [4.78, 5) is 31.0. The number of nitrogens with zero attached hydrogens (tertiary/aromatic N) is 6. The molecule has 11 heteroatoms. The summed E-state index contributed by atoms with van der Waals surface area (Å²) in [5, 5.41) is 12.5. The molecule has 0 fully saturated rings. The topological polar surface area (TPSA) is 131 Å². The van der Waals surface area contributed by atoms with Crippen LogP contribution in [0.1, 0.15) is 59.4 Å². The van der Waals surface area contributed by atoms with Crippen LogP contribution in [0.4, 0.5) is 0 Å². The monoisotopic (exact) mass is 554 g/mol. The van der Waals surface area contributed by atoms with E-state index in [4.69, 9.17) is 18.6 Å². The Morgan fingerprint density at radius 2 is 1.80 bits per heavy atom. The lowest BCUT2D eigenvalue weighted by molar-refractivity contribution is 0.0430. The Morgan fingerprint density at radius 1 is 1.07 bits per heavy atom. The number of aryl methyl sites for hydroxylation is 3. The number of aromatic nitrogens is 6. The van der Waals surface area contributed by atoms with Crippen molar-refractivity contribution in [3.63, 3.8) is 0 Å². The van der Waals surface area contributed by atoms with Gasteiger partial charge in [0.25, 0.3) is 0 Å². The second-order valence-electron chi connectivity index (χ2n) is 9.70. The van der Waals surface area contributed by atoms with Crippen LogP contribution in [0.5, 0.6) is 0 Å². The fourth-order valence-corrected chi connectivity index (χ4v) is 4.59. The molecule has 0 saturated heterocycles. The van der Waals surface area contributed by atoms with Crippen LogP contribution in [0.2, 0.25) is 0 Å². The van der Waals surface area contributed by atoms with E-state index >= 15 is 0 Å². The van der Waals surface area contributed by atoms with Crippen molar-refractivity contribution in [2.75, 3.05) is 0 Å². The van der Waals surface area contributed by atoms with Gasteiger partial charge in [-0.3, -0.25) is 0 Å². The average Bonchev–Trinajstić information content (AvgIpc) is 3.64. The standard InChI is InChI=1S/C30H30N6O5/c1-6-9-25-31-26(18(2)3)27(29(37)39-17-24-19(4)40-30(38)41-24)36(25)16-20-12-14-21(15-13-20)22-10-7-8-11-23(22)28-32-34-35(5)33-28/h7-8,10-15H,2,6,9,16-17H2,1,3-5H3. The number of imidazole rings is 1. The van der Waals surface area contributed by atoms with E-state index in [0.29, 0.717) is 35.8 Å². The molecule has 0 bridgehead atoms. The number of ether oxygens (including phenoxy) is 1. The van der Waals surface area contributed by atoms with Crippen LogP contribution in [-0.4, -0.2) is 35.7 Å². The molecule has 3 heterocycles. The highest BCUT2D eigenvalue weighted by Crippen LogP contribution is 2.30. The third kappa shape index (κ3) is 5.79. The van der Waals surface area contributed by atoms with Crippen molar-refractivity contribution in [1.29, 1.82) is 0 Å². The van der Waals surface area contributed by atoms with Crippen molar-refractivity contribution in [2.24, 2.45) is 7.05 Å². The van der Waals surface area contributed by atoms with Gasteiger partial charge < -0.3 is 18.1 Å². The first kappa shape index (κ1) is 27.5. The first-order chi connectivity index (χ1) is 19.7. The Balaban J connectivity index is 1.46. The molecule has 41 heavy (non-hydrogen) atoms. The van der Waals surface area contributed by atoms with E-state index in [1.807, 2.05) is 53.1 Å². The first-order valence-electron chi connectivity index (χ1n) is 13.2. The Morgan fingerprint density at radius 3 is 2.41 bits per heavy atom. The van der Waals surface area contributed by atoms with Crippen molar-refractivity contribution < 1.29 is 18.4 Å². The van der Waals surface area contributed by atoms with Gasteiger partial charge in [0.2, 0.25) is 5.82 Å². The normalized spacial score (nSPS) is 11.1. The molecule has 0 radical (unpaired) electrons. The number of allylic oxidation sites excluding steroid dienone is 1. The zero-order valence-electron chi connectivity index (χ0n) is 23.4. The van der Waals surface area contributed by atoms with Crippen LogP contribution in [0.25, 0.3) is 28.1 Å². The molecule has 11 nitrogen and oxygen atoms in total. The Labute approximate surface area is 236 Å². The summed E-state index contributed by atoms with van der Waals surface area (Å²) in [6.07, 6.45) is 1.51. The summed E-state index contributed by atoms with van der Waals surface area (Å²) < 4.78 is 17.3. The van der Waals surface area contributed by atoms with Gasteiger partial charge in [-0.15, -0.1) is 10.2 Å². The molecule has 0 aliphatic heterocycles. The number of carbonyl (C=O) groups excluding carboxylic acids is 1. The van der Waals surface area contributed by atoms with Gasteiger partial charge in [0.1, 0.15) is 5.82 Å². The molecule has 0 aliphatic rings. The van der Waals surface area contributed by atoms with E-state index in [0.717, 1.165) is 34.5 Å². The van der Waals surface area contributed by atoms with E-state index in [1.165, 1.54) is 4.80 Å². The zero-order valence-corrected chi connectivity index (χ0v) is 23.4. The zero-order chi connectivity index (χ0) is 29.1. The molecular formula is C30H30N6O5. The molecule has 5 rings (SSSR count). The molecule has 3 aromatic heterocycles. The van der Waals surface area contributed by atoms with E-state index in [2.05, 4.69) is 28.9 Å². The summed E-state index contributed by atoms with van der Waals surface area (Å²) in [5.41, 5.74) is 5.25. The number of hydrogen-bond acceptors (Lipinski definition) is 9. The molecule has 0 N–H and O–H groups in total. The summed E-state index contributed by atoms with van der Waals surface area (Å²) in [5.74, 6) is 0.294. The predicted molar refractivity (Wildman–Crippen MR) is 151 cm³/mol. The Bertz CT molecular complexity index is 1770. The SMILES string of the molecule is C=C(C)c1nc(CCC)n(Cc2ccc(-c3ccccc3-c3nnn(C)n3)cc2)c1C(=O)OCc1oc(=O)oc1C. The number of carbonyl (C=O) groups is 1. The molecule has 0 aliphatic carbocycles. The number of tetrazole rings is 1. The van der Waals surface area contributed by atoms with Gasteiger partial charge >= 0.3 is 11.8 Å². The number of benzene rings is 2. The van der Waals surface area contributed by atoms with E-state index in [9.17, 15) is 9.59 Å². The maximum Gasteiger partial charge on any atom is 0.519 e. The number of esters is 1. The van der Waals surface area contributed by atoms with Crippen molar-refractivity contribution >= 4 is 11.5 Å². The van der Waals surface area contributed by atoms with Crippen molar-refractivity contribution in [3.8, 4) is 22.5 Å². The molecule has 210 valence electrons.